The van der Waals surface area contributed by atoms with Crippen LogP contribution in [0.5, 0.6) is 0 Å². The second kappa shape index (κ2) is 7.55. The Morgan fingerprint density at radius 1 is 0.889 bits per heavy atom. The minimum Gasteiger partial charge on any atom is -0.292 e. The van der Waals surface area contributed by atoms with Gasteiger partial charge in [0.25, 0.3) is 0 Å². The van der Waals surface area contributed by atoms with Crippen molar-refractivity contribution in [3.8, 4) is 0 Å². The van der Waals surface area contributed by atoms with Crippen molar-refractivity contribution in [2.45, 2.75) is 12.5 Å². The average Bonchev–Trinajstić information content (AvgIpc) is 2.95. The summed E-state index contributed by atoms with van der Waals surface area (Å²) in [7, 11) is 0. The lowest BCUT2D eigenvalue weighted by molar-refractivity contribution is -0.117. The number of aliphatic imine (C=N–C) groups is 1. The van der Waals surface area contributed by atoms with Crippen LogP contribution >= 0.6 is 23.2 Å². The number of nitrogens with zero attached hydrogens (tertiary/aromatic N) is 2. The standard InChI is InChI=1S/C22H16Cl2N2O/c23-18-10-6-11-19(24)21(18)26-20-12-5-4-9-16(20)17(22(26)27)14-25-13-15-7-2-1-3-8-15/h1-12,14,17H,13H2. The second-order valence-corrected chi connectivity index (χ2v) is 7.07. The number of para-hydroxylation sites is 2. The number of benzene rings is 3. The van der Waals surface area contributed by atoms with Crippen LogP contribution in [-0.2, 0) is 11.3 Å². The number of carbonyl (C=O) groups is 1. The van der Waals surface area contributed by atoms with Gasteiger partial charge in [-0.15, -0.1) is 0 Å². The summed E-state index contributed by atoms with van der Waals surface area (Å²) in [5, 5.41) is 0.875. The molecule has 0 aliphatic carbocycles. The van der Waals surface area contributed by atoms with Gasteiger partial charge in [-0.3, -0.25) is 14.7 Å². The largest absolute Gasteiger partial charge is 0.292 e. The summed E-state index contributed by atoms with van der Waals surface area (Å²) in [5.41, 5.74) is 3.29. The lowest BCUT2D eigenvalue weighted by Gasteiger charge is -2.20. The lowest BCUT2D eigenvalue weighted by Crippen LogP contribution is -2.25. The number of halogens is 2. The first-order chi connectivity index (χ1) is 13.2. The average molecular weight is 395 g/mol. The fourth-order valence-corrected chi connectivity index (χ4v) is 3.84. The maximum absolute atomic E-state index is 13.2. The Balaban J connectivity index is 1.70. The van der Waals surface area contributed by atoms with E-state index in [0.717, 1.165) is 16.8 Å². The molecule has 0 aromatic heterocycles. The molecule has 27 heavy (non-hydrogen) atoms. The van der Waals surface area contributed by atoms with E-state index in [9.17, 15) is 4.79 Å². The van der Waals surface area contributed by atoms with Gasteiger partial charge in [0, 0.05) is 6.21 Å². The highest BCUT2D eigenvalue weighted by Gasteiger charge is 2.38. The third kappa shape index (κ3) is 3.36. The van der Waals surface area contributed by atoms with Crippen molar-refractivity contribution in [2.75, 3.05) is 4.90 Å². The molecule has 3 nitrogen and oxygen atoms in total. The fourth-order valence-electron chi connectivity index (χ4n) is 3.27. The molecule has 4 rings (SSSR count). The summed E-state index contributed by atoms with van der Waals surface area (Å²) < 4.78 is 0. The quantitative estimate of drug-likeness (QED) is 0.497. The summed E-state index contributed by atoms with van der Waals surface area (Å²) >= 11 is 12.7. The summed E-state index contributed by atoms with van der Waals surface area (Å²) in [5.74, 6) is -0.569. The highest BCUT2D eigenvalue weighted by Crippen LogP contribution is 2.46. The predicted molar refractivity (Wildman–Crippen MR) is 111 cm³/mol. The molecule has 0 saturated carbocycles. The van der Waals surface area contributed by atoms with E-state index in [2.05, 4.69) is 4.99 Å². The fraction of sp³-hybridized carbons (Fsp3) is 0.0909. The lowest BCUT2D eigenvalue weighted by atomic mass is 10.0. The van der Waals surface area contributed by atoms with Crippen LogP contribution in [0.15, 0.2) is 77.8 Å². The van der Waals surface area contributed by atoms with Gasteiger partial charge in [0.05, 0.1) is 28.0 Å². The first-order valence-electron chi connectivity index (χ1n) is 8.57. The molecule has 0 saturated heterocycles. The van der Waals surface area contributed by atoms with E-state index >= 15 is 0 Å². The van der Waals surface area contributed by atoms with E-state index in [4.69, 9.17) is 23.2 Å². The van der Waals surface area contributed by atoms with Crippen LogP contribution in [0.2, 0.25) is 10.0 Å². The van der Waals surface area contributed by atoms with Crippen LogP contribution in [0, 0.1) is 0 Å². The molecule has 0 fully saturated rings. The normalized spacial score (nSPS) is 16.1. The van der Waals surface area contributed by atoms with Crippen LogP contribution in [0.3, 0.4) is 0 Å². The minimum atomic E-state index is -0.461. The van der Waals surface area contributed by atoms with Gasteiger partial charge in [-0.05, 0) is 29.3 Å². The Kier molecular flexibility index (Phi) is 4.97. The predicted octanol–water partition coefficient (Wildman–Crippen LogP) is 6.03. The maximum atomic E-state index is 13.2. The van der Waals surface area contributed by atoms with Crippen molar-refractivity contribution in [1.82, 2.24) is 0 Å². The van der Waals surface area contributed by atoms with E-state index in [0.29, 0.717) is 22.3 Å². The summed E-state index contributed by atoms with van der Waals surface area (Å²) in [6.07, 6.45) is 1.72. The van der Waals surface area contributed by atoms with Crippen LogP contribution in [0.25, 0.3) is 0 Å². The zero-order valence-corrected chi connectivity index (χ0v) is 15.9. The molecule has 0 bridgehead atoms. The Morgan fingerprint density at radius 2 is 1.56 bits per heavy atom. The van der Waals surface area contributed by atoms with Crippen molar-refractivity contribution in [2.24, 2.45) is 4.99 Å². The topological polar surface area (TPSA) is 32.7 Å². The molecule has 0 N–H and O–H groups in total. The minimum absolute atomic E-state index is 0.108. The Labute approximate surface area is 167 Å². The van der Waals surface area contributed by atoms with Gasteiger partial charge >= 0.3 is 0 Å². The van der Waals surface area contributed by atoms with Crippen LogP contribution in [0.1, 0.15) is 17.0 Å². The second-order valence-electron chi connectivity index (χ2n) is 6.26. The first kappa shape index (κ1) is 17.8. The number of hydrogen-bond acceptors (Lipinski definition) is 2. The molecule has 1 heterocycles. The molecule has 1 atom stereocenters. The van der Waals surface area contributed by atoms with Gasteiger partial charge in [-0.2, -0.15) is 0 Å². The highest BCUT2D eigenvalue weighted by molar-refractivity contribution is 6.41. The number of rotatable bonds is 4. The van der Waals surface area contributed by atoms with Crippen LogP contribution in [-0.4, -0.2) is 12.1 Å². The van der Waals surface area contributed by atoms with Crippen LogP contribution < -0.4 is 4.90 Å². The third-order valence-corrected chi connectivity index (χ3v) is 5.14. The first-order valence-corrected chi connectivity index (χ1v) is 9.33. The van der Waals surface area contributed by atoms with Crippen LogP contribution in [0.4, 0.5) is 11.4 Å². The Hall–Kier alpha value is -2.62. The van der Waals surface area contributed by atoms with Crippen molar-refractivity contribution in [3.63, 3.8) is 0 Å². The molecule has 1 unspecified atom stereocenters. The van der Waals surface area contributed by atoms with Gasteiger partial charge < -0.3 is 0 Å². The monoisotopic (exact) mass is 394 g/mol. The highest BCUT2D eigenvalue weighted by atomic mass is 35.5. The molecule has 5 heteroatoms. The number of fused-ring (bicyclic) bond motifs is 1. The SMILES string of the molecule is O=C1C(C=NCc2ccccc2)c2ccccc2N1c1c(Cl)cccc1Cl. The van der Waals surface area contributed by atoms with Crippen molar-refractivity contribution >= 4 is 46.7 Å². The Morgan fingerprint density at radius 3 is 2.30 bits per heavy atom. The maximum Gasteiger partial charge on any atom is 0.244 e. The van der Waals surface area contributed by atoms with E-state index in [1.807, 2.05) is 54.6 Å². The summed E-state index contributed by atoms with van der Waals surface area (Å²) in [6.45, 7) is 0.527. The van der Waals surface area contributed by atoms with Gasteiger partial charge in [-0.25, -0.2) is 0 Å². The molecule has 3 aromatic carbocycles. The molecule has 1 amide bonds. The molecule has 3 aromatic rings. The summed E-state index contributed by atoms with van der Waals surface area (Å²) in [4.78, 5) is 19.3. The molecule has 1 aliphatic heterocycles. The number of carbonyl (C=O) groups excluding carboxylic acids is 1. The van der Waals surface area contributed by atoms with E-state index in [1.54, 1.807) is 29.3 Å². The Bertz CT molecular complexity index is 998. The molecule has 0 radical (unpaired) electrons. The molecular weight excluding hydrogens is 379 g/mol. The van der Waals surface area contributed by atoms with Crippen molar-refractivity contribution in [3.05, 3.63) is 94.0 Å². The molecular formula is C22H16Cl2N2O. The summed E-state index contributed by atoms with van der Waals surface area (Å²) in [6, 6.07) is 22.8. The van der Waals surface area contributed by atoms with E-state index in [1.165, 1.54) is 0 Å². The van der Waals surface area contributed by atoms with E-state index in [-0.39, 0.29) is 5.91 Å². The third-order valence-electron chi connectivity index (χ3n) is 4.53. The van der Waals surface area contributed by atoms with Gasteiger partial charge in [0.1, 0.15) is 5.92 Å². The smallest absolute Gasteiger partial charge is 0.244 e. The number of hydrogen-bond donors (Lipinski definition) is 0. The van der Waals surface area contributed by atoms with Gasteiger partial charge in [0.2, 0.25) is 5.91 Å². The van der Waals surface area contributed by atoms with Gasteiger partial charge in [0.15, 0.2) is 0 Å². The van der Waals surface area contributed by atoms with E-state index < -0.39 is 5.92 Å². The zero-order valence-electron chi connectivity index (χ0n) is 14.3. The zero-order chi connectivity index (χ0) is 18.8. The molecule has 134 valence electrons. The number of amides is 1. The van der Waals surface area contributed by atoms with Gasteiger partial charge in [-0.1, -0.05) is 77.8 Å². The number of anilines is 2. The molecule has 0 spiro atoms. The molecule has 1 aliphatic rings. The van der Waals surface area contributed by atoms with Crippen molar-refractivity contribution < 1.29 is 4.79 Å². The van der Waals surface area contributed by atoms with Crippen molar-refractivity contribution in [1.29, 1.82) is 0 Å².